The lowest BCUT2D eigenvalue weighted by Gasteiger charge is -2.31. The monoisotopic (exact) mass is 428 g/mol. The average molecular weight is 429 g/mol. The van der Waals surface area contributed by atoms with Crippen molar-refractivity contribution < 1.29 is 0 Å². The fourth-order valence-electron chi connectivity index (χ4n) is 4.62. The van der Waals surface area contributed by atoms with E-state index in [4.69, 9.17) is 23.8 Å². The van der Waals surface area contributed by atoms with Crippen molar-refractivity contribution in [3.63, 3.8) is 0 Å². The van der Waals surface area contributed by atoms with Gasteiger partial charge < -0.3 is 15.5 Å². The van der Waals surface area contributed by atoms with Gasteiger partial charge in [0.05, 0.1) is 11.9 Å². The second-order valence-electron chi connectivity index (χ2n) is 8.25. The van der Waals surface area contributed by atoms with Crippen LogP contribution >= 0.6 is 23.8 Å². The van der Waals surface area contributed by atoms with Crippen molar-refractivity contribution in [1.29, 1.82) is 0 Å². The highest BCUT2D eigenvalue weighted by molar-refractivity contribution is 7.80. The van der Waals surface area contributed by atoms with Crippen LogP contribution in [0.1, 0.15) is 50.5 Å². The number of benzene rings is 1. The molecule has 2 fully saturated rings. The van der Waals surface area contributed by atoms with Gasteiger partial charge in [0.25, 0.3) is 0 Å². The molecule has 0 radical (unpaired) electrons. The number of hydrogen-bond acceptors (Lipinski definition) is 3. The Morgan fingerprint density at radius 3 is 2.38 bits per heavy atom. The first-order valence-corrected chi connectivity index (χ1v) is 11.5. The summed E-state index contributed by atoms with van der Waals surface area (Å²) in [6.07, 6.45) is 10.6. The van der Waals surface area contributed by atoms with E-state index in [1.165, 1.54) is 50.5 Å². The Hall–Kier alpha value is -1.85. The van der Waals surface area contributed by atoms with Crippen LogP contribution in [0.5, 0.6) is 0 Å². The van der Waals surface area contributed by atoms with Gasteiger partial charge in [0.1, 0.15) is 5.82 Å². The van der Waals surface area contributed by atoms with Crippen LogP contribution in [0.25, 0.3) is 0 Å². The maximum atomic E-state index is 6.09. The lowest BCUT2D eigenvalue weighted by molar-refractivity contribution is 0.435. The standard InChI is InChI=1S/C23H29ClN4S/c24-19-8-6-18(7-9-19)23(12-2-3-13-23)17-26-22(29)27-20-10-11-21(25-16-20)28-14-4-1-5-15-28/h6-11,16H,1-5,12-15,17H2,(H2,26,27,29). The molecule has 6 heteroatoms. The maximum absolute atomic E-state index is 6.09. The number of anilines is 2. The minimum Gasteiger partial charge on any atom is -0.362 e. The van der Waals surface area contributed by atoms with Crippen LogP contribution in [0.2, 0.25) is 5.02 Å². The molecule has 4 rings (SSSR count). The Bertz CT molecular complexity index is 810. The molecule has 1 saturated carbocycles. The van der Waals surface area contributed by atoms with Crippen LogP contribution in [-0.2, 0) is 5.41 Å². The highest BCUT2D eigenvalue weighted by Gasteiger charge is 2.35. The molecule has 2 aliphatic rings. The number of pyridine rings is 1. The Labute approximate surface area is 184 Å². The van der Waals surface area contributed by atoms with Crippen molar-refractivity contribution in [2.24, 2.45) is 0 Å². The van der Waals surface area contributed by atoms with Gasteiger partial charge in [-0.2, -0.15) is 0 Å². The molecule has 0 amide bonds. The number of rotatable bonds is 5. The van der Waals surface area contributed by atoms with Crippen molar-refractivity contribution in [1.82, 2.24) is 10.3 Å². The molecule has 29 heavy (non-hydrogen) atoms. The summed E-state index contributed by atoms with van der Waals surface area (Å²) in [5.41, 5.74) is 2.41. The van der Waals surface area contributed by atoms with E-state index in [1.54, 1.807) is 0 Å². The van der Waals surface area contributed by atoms with Crippen LogP contribution in [0.4, 0.5) is 11.5 Å². The normalized spacial score (nSPS) is 18.4. The summed E-state index contributed by atoms with van der Waals surface area (Å²) in [6, 6.07) is 12.5. The third kappa shape index (κ3) is 5.01. The molecule has 0 bridgehead atoms. The van der Waals surface area contributed by atoms with Gasteiger partial charge in [-0.1, -0.05) is 36.6 Å². The van der Waals surface area contributed by atoms with Gasteiger partial charge in [-0.05, 0) is 74.2 Å². The number of piperidine rings is 1. The summed E-state index contributed by atoms with van der Waals surface area (Å²) < 4.78 is 0. The van der Waals surface area contributed by atoms with E-state index in [0.717, 1.165) is 36.2 Å². The van der Waals surface area contributed by atoms with Crippen molar-refractivity contribution in [2.45, 2.75) is 50.4 Å². The minimum atomic E-state index is 0.132. The third-order valence-corrected chi connectivity index (χ3v) is 6.79. The fraction of sp³-hybridized carbons (Fsp3) is 0.478. The summed E-state index contributed by atoms with van der Waals surface area (Å²) in [5.74, 6) is 1.06. The van der Waals surface area contributed by atoms with E-state index >= 15 is 0 Å². The van der Waals surface area contributed by atoms with Crippen LogP contribution in [0.15, 0.2) is 42.6 Å². The molecule has 1 saturated heterocycles. The number of nitrogens with zero attached hydrogens (tertiary/aromatic N) is 2. The van der Waals surface area contributed by atoms with E-state index in [-0.39, 0.29) is 5.41 Å². The number of aromatic nitrogens is 1. The Morgan fingerprint density at radius 2 is 1.72 bits per heavy atom. The quantitative estimate of drug-likeness (QED) is 0.613. The molecule has 2 aromatic rings. The maximum Gasteiger partial charge on any atom is 0.170 e. The van der Waals surface area contributed by atoms with Gasteiger partial charge in [-0.3, -0.25) is 0 Å². The molecular weight excluding hydrogens is 400 g/mol. The Balaban J connectivity index is 1.34. The molecule has 154 valence electrons. The molecule has 0 unspecified atom stereocenters. The Kier molecular flexibility index (Phi) is 6.56. The van der Waals surface area contributed by atoms with Gasteiger partial charge in [0.2, 0.25) is 0 Å². The minimum absolute atomic E-state index is 0.132. The third-order valence-electron chi connectivity index (χ3n) is 6.29. The van der Waals surface area contributed by atoms with Crippen molar-refractivity contribution in [3.05, 3.63) is 53.2 Å². The summed E-state index contributed by atoms with van der Waals surface area (Å²) >= 11 is 11.7. The van der Waals surface area contributed by atoms with Crippen molar-refractivity contribution in [2.75, 3.05) is 29.9 Å². The van der Waals surface area contributed by atoms with Crippen molar-refractivity contribution in [3.8, 4) is 0 Å². The first kappa shape index (κ1) is 20.4. The Morgan fingerprint density at radius 1 is 1.00 bits per heavy atom. The first-order chi connectivity index (χ1) is 14.1. The van der Waals surface area contributed by atoms with Gasteiger partial charge in [-0.25, -0.2) is 4.98 Å². The number of hydrogen-bond donors (Lipinski definition) is 2. The van der Waals surface area contributed by atoms with Crippen LogP contribution in [-0.4, -0.2) is 29.7 Å². The highest BCUT2D eigenvalue weighted by atomic mass is 35.5. The SMILES string of the molecule is S=C(NCC1(c2ccc(Cl)cc2)CCCC1)Nc1ccc(N2CCCCC2)nc1. The summed E-state index contributed by atoms with van der Waals surface area (Å²) in [7, 11) is 0. The summed E-state index contributed by atoms with van der Waals surface area (Å²) in [4.78, 5) is 6.99. The zero-order valence-corrected chi connectivity index (χ0v) is 18.4. The second kappa shape index (κ2) is 9.31. The molecule has 4 nitrogen and oxygen atoms in total. The predicted octanol–water partition coefficient (Wildman–Crippen LogP) is 5.52. The summed E-state index contributed by atoms with van der Waals surface area (Å²) in [5, 5.41) is 8.18. The van der Waals surface area contributed by atoms with E-state index in [0.29, 0.717) is 5.11 Å². The van der Waals surface area contributed by atoms with Crippen LogP contribution in [0, 0.1) is 0 Å². The molecule has 2 heterocycles. The average Bonchev–Trinajstić information content (AvgIpc) is 3.24. The fourth-order valence-corrected chi connectivity index (χ4v) is 4.93. The zero-order valence-electron chi connectivity index (χ0n) is 16.8. The van der Waals surface area contributed by atoms with Gasteiger partial charge in [0.15, 0.2) is 5.11 Å². The van der Waals surface area contributed by atoms with Crippen LogP contribution < -0.4 is 15.5 Å². The number of nitrogens with one attached hydrogen (secondary N) is 2. The first-order valence-electron chi connectivity index (χ1n) is 10.7. The molecule has 0 spiro atoms. The van der Waals surface area contributed by atoms with Gasteiger partial charge in [-0.15, -0.1) is 0 Å². The zero-order chi connectivity index (χ0) is 20.1. The second-order valence-corrected chi connectivity index (χ2v) is 9.10. The van der Waals surface area contributed by atoms with Crippen LogP contribution in [0.3, 0.4) is 0 Å². The van der Waals surface area contributed by atoms with Gasteiger partial charge in [0, 0.05) is 30.1 Å². The number of thiocarbonyl (C=S) groups is 1. The molecular formula is C23H29ClN4S. The highest BCUT2D eigenvalue weighted by Crippen LogP contribution is 2.41. The van der Waals surface area contributed by atoms with Crippen molar-refractivity contribution >= 4 is 40.4 Å². The predicted molar refractivity (Wildman–Crippen MR) is 126 cm³/mol. The van der Waals surface area contributed by atoms with E-state index in [9.17, 15) is 0 Å². The summed E-state index contributed by atoms with van der Waals surface area (Å²) in [6.45, 7) is 3.04. The lowest BCUT2D eigenvalue weighted by atomic mass is 9.79. The topological polar surface area (TPSA) is 40.2 Å². The molecule has 1 aromatic heterocycles. The molecule has 1 aliphatic carbocycles. The van der Waals surface area contributed by atoms with E-state index < -0.39 is 0 Å². The van der Waals surface area contributed by atoms with Gasteiger partial charge >= 0.3 is 0 Å². The van der Waals surface area contributed by atoms with E-state index in [1.807, 2.05) is 18.3 Å². The largest absolute Gasteiger partial charge is 0.362 e. The molecule has 1 aliphatic heterocycles. The molecule has 2 N–H and O–H groups in total. The molecule has 1 aromatic carbocycles. The number of halogens is 1. The van der Waals surface area contributed by atoms with E-state index in [2.05, 4.69) is 44.8 Å². The molecule has 0 atom stereocenters. The lowest BCUT2D eigenvalue weighted by Crippen LogP contribution is -2.40. The smallest absolute Gasteiger partial charge is 0.170 e.